The maximum Gasteiger partial charge on any atom is 0.329 e. The Bertz CT molecular complexity index is 810. The van der Waals surface area contributed by atoms with Crippen LogP contribution in [0.25, 0.3) is 10.2 Å². The standard InChI is InChI=1S/C13H14N2O4S/c1-7-6-20-10-9(7)11(17)15(12(18)14-10)13(3-4-13)5-8(16)19-2/h6H,3-5H2,1-2H3,(H,14,18). The van der Waals surface area contributed by atoms with Crippen molar-refractivity contribution in [1.29, 1.82) is 0 Å². The van der Waals surface area contributed by atoms with Crippen LogP contribution in [0.4, 0.5) is 0 Å². The molecule has 20 heavy (non-hydrogen) atoms. The van der Waals surface area contributed by atoms with E-state index in [1.807, 2.05) is 12.3 Å². The first-order valence-electron chi connectivity index (χ1n) is 6.29. The van der Waals surface area contributed by atoms with Gasteiger partial charge in [-0.15, -0.1) is 11.3 Å². The molecule has 1 saturated carbocycles. The van der Waals surface area contributed by atoms with E-state index in [0.717, 1.165) is 5.56 Å². The van der Waals surface area contributed by atoms with Crippen LogP contribution in [0, 0.1) is 6.92 Å². The van der Waals surface area contributed by atoms with Gasteiger partial charge in [0, 0.05) is 0 Å². The van der Waals surface area contributed by atoms with Gasteiger partial charge in [-0.25, -0.2) is 4.79 Å². The Morgan fingerprint density at radius 1 is 1.50 bits per heavy atom. The van der Waals surface area contributed by atoms with Gasteiger partial charge < -0.3 is 4.74 Å². The van der Waals surface area contributed by atoms with Crippen molar-refractivity contribution in [1.82, 2.24) is 9.55 Å². The van der Waals surface area contributed by atoms with Gasteiger partial charge in [-0.3, -0.25) is 19.1 Å². The number of aryl methyl sites for hydroxylation is 1. The number of esters is 1. The molecule has 2 aromatic rings. The SMILES string of the molecule is COC(=O)CC1(n2c(=O)[nH]c3scc(C)c3c2=O)CC1. The normalized spacial score (nSPS) is 16.3. The van der Waals surface area contributed by atoms with Crippen molar-refractivity contribution in [3.8, 4) is 0 Å². The molecule has 2 heterocycles. The van der Waals surface area contributed by atoms with E-state index in [9.17, 15) is 14.4 Å². The second-order valence-electron chi connectivity index (χ2n) is 5.17. The average molecular weight is 294 g/mol. The quantitative estimate of drug-likeness (QED) is 0.860. The minimum absolute atomic E-state index is 0.0567. The van der Waals surface area contributed by atoms with Crippen LogP contribution in [0.2, 0.25) is 0 Å². The molecular formula is C13H14N2O4S. The molecule has 1 aliphatic carbocycles. The number of thiophene rings is 1. The number of fused-ring (bicyclic) bond motifs is 1. The number of aromatic nitrogens is 2. The van der Waals surface area contributed by atoms with Crippen LogP contribution in [0.5, 0.6) is 0 Å². The van der Waals surface area contributed by atoms with Gasteiger partial charge in [0.25, 0.3) is 5.56 Å². The van der Waals surface area contributed by atoms with Gasteiger partial charge in [0.2, 0.25) is 0 Å². The second-order valence-corrected chi connectivity index (χ2v) is 6.05. The first kappa shape index (κ1) is 13.1. The third-order valence-electron chi connectivity index (χ3n) is 3.82. The summed E-state index contributed by atoms with van der Waals surface area (Å²) in [5, 5.41) is 2.37. The maximum atomic E-state index is 12.6. The molecule has 0 saturated heterocycles. The molecule has 2 aromatic heterocycles. The van der Waals surface area contributed by atoms with Crippen LogP contribution in [-0.2, 0) is 15.1 Å². The highest BCUT2D eigenvalue weighted by Crippen LogP contribution is 2.45. The zero-order valence-electron chi connectivity index (χ0n) is 11.2. The lowest BCUT2D eigenvalue weighted by Crippen LogP contribution is -2.43. The van der Waals surface area contributed by atoms with Gasteiger partial charge in [0.05, 0.1) is 24.5 Å². The fourth-order valence-electron chi connectivity index (χ4n) is 2.55. The lowest BCUT2D eigenvalue weighted by molar-refractivity contribution is -0.141. The Balaban J connectivity index is 2.22. The number of carbonyl (C=O) groups excluding carboxylic acids is 1. The number of H-pyrrole nitrogens is 1. The van der Waals surface area contributed by atoms with Crippen LogP contribution in [0.1, 0.15) is 24.8 Å². The van der Waals surface area contributed by atoms with Gasteiger partial charge in [-0.2, -0.15) is 0 Å². The smallest absolute Gasteiger partial charge is 0.329 e. The molecule has 3 rings (SSSR count). The number of ether oxygens (including phenoxy) is 1. The summed E-state index contributed by atoms with van der Waals surface area (Å²) in [4.78, 5) is 39.6. The van der Waals surface area contributed by atoms with Crippen molar-refractivity contribution in [2.45, 2.75) is 31.7 Å². The predicted octanol–water partition coefficient (Wildman–Crippen LogP) is 1.11. The maximum absolute atomic E-state index is 12.6. The van der Waals surface area contributed by atoms with Crippen molar-refractivity contribution < 1.29 is 9.53 Å². The lowest BCUT2D eigenvalue weighted by atomic mass is 10.1. The summed E-state index contributed by atoms with van der Waals surface area (Å²) in [6, 6.07) is 0. The lowest BCUT2D eigenvalue weighted by Gasteiger charge is -2.16. The van der Waals surface area contributed by atoms with Crippen LogP contribution in [0.15, 0.2) is 15.0 Å². The molecule has 0 radical (unpaired) electrons. The number of carbonyl (C=O) groups is 1. The van der Waals surface area contributed by atoms with Gasteiger partial charge in [-0.1, -0.05) is 0 Å². The van der Waals surface area contributed by atoms with Crippen molar-refractivity contribution in [3.05, 3.63) is 31.8 Å². The highest BCUT2D eigenvalue weighted by Gasteiger charge is 2.49. The molecule has 0 aliphatic heterocycles. The first-order valence-corrected chi connectivity index (χ1v) is 7.17. The topological polar surface area (TPSA) is 81.2 Å². The summed E-state index contributed by atoms with van der Waals surface area (Å²) in [6.07, 6.45) is 1.33. The number of rotatable bonds is 3. The minimum atomic E-state index is -0.708. The van der Waals surface area contributed by atoms with Crippen molar-refractivity contribution in [2.75, 3.05) is 7.11 Å². The third-order valence-corrected chi connectivity index (χ3v) is 4.83. The average Bonchev–Trinajstić information content (AvgIpc) is 3.06. The van der Waals surface area contributed by atoms with Gasteiger partial charge in [-0.05, 0) is 30.7 Å². The highest BCUT2D eigenvalue weighted by atomic mass is 32.1. The van der Waals surface area contributed by atoms with E-state index in [2.05, 4.69) is 9.72 Å². The number of nitrogens with zero attached hydrogens (tertiary/aromatic N) is 1. The van der Waals surface area contributed by atoms with Crippen molar-refractivity contribution in [2.24, 2.45) is 0 Å². The summed E-state index contributed by atoms with van der Waals surface area (Å²) >= 11 is 1.34. The number of hydrogen-bond donors (Lipinski definition) is 1. The van der Waals surface area contributed by atoms with E-state index >= 15 is 0 Å². The van der Waals surface area contributed by atoms with Crippen molar-refractivity contribution in [3.63, 3.8) is 0 Å². The van der Waals surface area contributed by atoms with Crippen molar-refractivity contribution >= 4 is 27.5 Å². The molecule has 7 heteroatoms. The van der Waals surface area contributed by atoms with Gasteiger partial charge in [0.1, 0.15) is 4.83 Å². The van der Waals surface area contributed by atoms with E-state index in [1.165, 1.54) is 23.0 Å². The number of nitrogens with one attached hydrogen (secondary N) is 1. The molecular weight excluding hydrogens is 280 g/mol. The van der Waals surface area contributed by atoms with Crippen LogP contribution in [-0.4, -0.2) is 22.6 Å². The predicted molar refractivity (Wildman–Crippen MR) is 75.3 cm³/mol. The van der Waals surface area contributed by atoms with E-state index in [0.29, 0.717) is 23.1 Å². The fourth-order valence-corrected chi connectivity index (χ4v) is 3.48. The third kappa shape index (κ3) is 1.81. The molecule has 0 amide bonds. The first-order chi connectivity index (χ1) is 9.48. The van der Waals surface area contributed by atoms with Gasteiger partial charge >= 0.3 is 11.7 Å². The molecule has 1 N–H and O–H groups in total. The molecule has 6 nitrogen and oxygen atoms in total. The number of aromatic amines is 1. The molecule has 0 aromatic carbocycles. The summed E-state index contributed by atoms with van der Waals surface area (Å²) in [5.74, 6) is -0.407. The summed E-state index contributed by atoms with van der Waals surface area (Å²) in [6.45, 7) is 1.84. The van der Waals surface area contributed by atoms with E-state index < -0.39 is 17.2 Å². The molecule has 0 unspecified atom stereocenters. The second kappa shape index (κ2) is 4.31. The molecule has 0 bridgehead atoms. The molecule has 0 spiro atoms. The summed E-state index contributed by atoms with van der Waals surface area (Å²) < 4.78 is 5.86. The summed E-state index contributed by atoms with van der Waals surface area (Å²) in [5.41, 5.74) is -0.635. The van der Waals surface area contributed by atoms with E-state index in [4.69, 9.17) is 0 Å². The molecule has 1 aliphatic rings. The number of methoxy groups -OCH3 is 1. The highest BCUT2D eigenvalue weighted by molar-refractivity contribution is 7.16. The molecule has 106 valence electrons. The van der Waals surface area contributed by atoms with E-state index in [1.54, 1.807) is 0 Å². The van der Waals surface area contributed by atoms with Crippen LogP contribution >= 0.6 is 11.3 Å². The zero-order valence-corrected chi connectivity index (χ0v) is 12.0. The van der Waals surface area contributed by atoms with E-state index in [-0.39, 0.29) is 12.0 Å². The zero-order chi connectivity index (χ0) is 14.5. The largest absolute Gasteiger partial charge is 0.469 e. The Labute approximate surface area is 118 Å². The van der Waals surface area contributed by atoms with Gasteiger partial charge in [0.15, 0.2) is 0 Å². The Kier molecular flexibility index (Phi) is 2.82. The Morgan fingerprint density at radius 2 is 2.20 bits per heavy atom. The summed E-state index contributed by atoms with van der Waals surface area (Å²) in [7, 11) is 1.30. The fraction of sp³-hybridized carbons (Fsp3) is 0.462. The number of hydrogen-bond acceptors (Lipinski definition) is 5. The minimum Gasteiger partial charge on any atom is -0.469 e. The van der Waals surface area contributed by atoms with Crippen LogP contribution in [0.3, 0.4) is 0 Å². The monoisotopic (exact) mass is 294 g/mol. The molecule has 1 fully saturated rings. The Hall–Kier alpha value is -1.89. The molecule has 0 atom stereocenters. The Morgan fingerprint density at radius 3 is 2.80 bits per heavy atom. The van der Waals surface area contributed by atoms with Crippen LogP contribution < -0.4 is 11.2 Å².